The summed E-state index contributed by atoms with van der Waals surface area (Å²) in [7, 11) is -4.12. The number of ether oxygens (including phenoxy) is 2. The van der Waals surface area contributed by atoms with Gasteiger partial charge in [-0.15, -0.1) is 0 Å². The summed E-state index contributed by atoms with van der Waals surface area (Å²) in [5.41, 5.74) is 2.03. The van der Waals surface area contributed by atoms with Crippen molar-refractivity contribution in [1.82, 2.24) is 0 Å². The zero-order valence-corrected chi connectivity index (χ0v) is 23.2. The van der Waals surface area contributed by atoms with E-state index in [2.05, 4.69) is 0 Å². The highest BCUT2D eigenvalue weighted by Crippen LogP contribution is 2.40. The van der Waals surface area contributed by atoms with Crippen LogP contribution >= 0.6 is 0 Å². The summed E-state index contributed by atoms with van der Waals surface area (Å²) in [5, 5.41) is 0. The van der Waals surface area contributed by atoms with Crippen molar-refractivity contribution in [3.8, 4) is 5.75 Å². The summed E-state index contributed by atoms with van der Waals surface area (Å²) in [4.78, 5) is 24.7. The molecule has 0 saturated heterocycles. The molecule has 0 aliphatic rings. The number of rotatable bonds is 7. The van der Waals surface area contributed by atoms with Gasteiger partial charge >= 0.3 is 11.9 Å². The number of benzene rings is 2. The van der Waals surface area contributed by atoms with Crippen LogP contribution in [0.5, 0.6) is 5.75 Å². The Morgan fingerprint density at radius 2 is 1.39 bits per heavy atom. The first-order valence-corrected chi connectivity index (χ1v) is 13.3. The Balaban J connectivity index is 2.65. The average Bonchev–Trinajstić information content (AvgIpc) is 2.76. The Hall–Kier alpha value is -3.19. The summed E-state index contributed by atoms with van der Waals surface area (Å²) >= 11 is 0. The molecule has 0 N–H and O–H groups in total. The van der Waals surface area contributed by atoms with Crippen LogP contribution in [-0.4, -0.2) is 27.0 Å². The molecule has 0 unspecified atom stereocenters. The van der Waals surface area contributed by atoms with Crippen molar-refractivity contribution in [1.29, 1.82) is 0 Å². The number of hydrogen-bond donors (Lipinski definition) is 0. The lowest BCUT2D eigenvalue weighted by atomic mass is 9.78. The van der Waals surface area contributed by atoms with E-state index in [1.54, 1.807) is 25.1 Å². The summed E-state index contributed by atoms with van der Waals surface area (Å²) in [6.07, 6.45) is 2.94. The van der Waals surface area contributed by atoms with Crippen LogP contribution in [0.1, 0.15) is 65.2 Å². The molecule has 0 saturated carbocycles. The molecule has 0 aliphatic carbocycles. The first kappa shape index (κ1) is 29.0. The quantitative estimate of drug-likeness (QED) is 0.197. The lowest BCUT2D eigenvalue weighted by Gasteiger charge is -2.29. The molecule has 0 spiro atoms. The number of hydrogen-bond acceptors (Lipinski definition) is 6. The molecule has 194 valence electrons. The maximum Gasteiger partial charge on any atom is 0.337 e. The van der Waals surface area contributed by atoms with E-state index in [1.807, 2.05) is 60.6 Å². The highest BCUT2D eigenvalue weighted by atomic mass is 32.2. The summed E-state index contributed by atoms with van der Waals surface area (Å²) < 4.78 is 37.4. The van der Waals surface area contributed by atoms with E-state index in [-0.39, 0.29) is 27.2 Å². The van der Waals surface area contributed by atoms with Gasteiger partial charge in [-0.3, -0.25) is 0 Å². The van der Waals surface area contributed by atoms with E-state index in [1.165, 1.54) is 12.1 Å². The molecule has 0 aromatic heterocycles. The van der Waals surface area contributed by atoms with Crippen LogP contribution < -0.4 is 4.74 Å². The number of carbonyl (C=O) groups is 2. The lowest BCUT2D eigenvalue weighted by Crippen LogP contribution is -2.22. The maximum atomic E-state index is 13.3. The number of allylic oxidation sites excluding steroid dienone is 1. The van der Waals surface area contributed by atoms with Gasteiger partial charge in [0.05, 0.1) is 16.4 Å². The molecule has 0 heterocycles. The standard InChI is InChI=1S/C29H36O6S/c1-9-34-25(30)16-15-22(36(32,33)21-13-11-10-12-14-21)19-26(31)35-27-23(28(3,4)5)17-20(2)18-24(27)29(6,7)8/h10-19H,9H2,1-8H3/b16-15+,22-19+. The molecule has 0 fully saturated rings. The van der Waals surface area contributed by atoms with Gasteiger partial charge in [0, 0.05) is 23.3 Å². The normalized spacial score (nSPS) is 13.1. The van der Waals surface area contributed by atoms with Crippen LogP contribution in [0, 0.1) is 6.92 Å². The highest BCUT2D eigenvalue weighted by molar-refractivity contribution is 7.95. The zero-order valence-electron chi connectivity index (χ0n) is 22.3. The lowest BCUT2D eigenvalue weighted by molar-refractivity contribution is -0.137. The fraction of sp³-hybridized carbons (Fsp3) is 0.379. The second-order valence-corrected chi connectivity index (χ2v) is 12.5. The molecular weight excluding hydrogens is 476 g/mol. The van der Waals surface area contributed by atoms with E-state index in [0.717, 1.165) is 34.9 Å². The fourth-order valence-electron chi connectivity index (χ4n) is 3.54. The molecule has 2 rings (SSSR count). The minimum Gasteiger partial charge on any atom is -0.463 e. The molecule has 0 radical (unpaired) electrons. The van der Waals surface area contributed by atoms with Crippen molar-refractivity contribution in [3.63, 3.8) is 0 Å². The molecule has 2 aromatic carbocycles. The predicted octanol–water partition coefficient (Wildman–Crippen LogP) is 5.97. The molecule has 2 aromatic rings. The molecule has 6 nitrogen and oxygen atoms in total. The Kier molecular flexibility index (Phi) is 9.08. The first-order chi connectivity index (χ1) is 16.6. The average molecular weight is 513 g/mol. The third kappa shape index (κ3) is 7.40. The molecular formula is C29H36O6S. The van der Waals surface area contributed by atoms with Crippen molar-refractivity contribution in [3.05, 3.63) is 82.3 Å². The van der Waals surface area contributed by atoms with Crippen molar-refractivity contribution in [2.24, 2.45) is 0 Å². The smallest absolute Gasteiger partial charge is 0.337 e. The van der Waals surface area contributed by atoms with Crippen molar-refractivity contribution >= 4 is 21.8 Å². The predicted molar refractivity (Wildman–Crippen MR) is 142 cm³/mol. The second-order valence-electron chi connectivity index (χ2n) is 10.6. The SMILES string of the molecule is CCOC(=O)/C=C/C(=C\C(=O)Oc1c(C(C)(C)C)cc(C)cc1C(C)(C)C)S(=O)(=O)c1ccccc1. The third-order valence-electron chi connectivity index (χ3n) is 5.35. The van der Waals surface area contributed by atoms with Gasteiger partial charge in [-0.2, -0.15) is 0 Å². The summed E-state index contributed by atoms with van der Waals surface area (Å²) in [5.74, 6) is -1.17. The van der Waals surface area contributed by atoms with Gasteiger partial charge in [-0.1, -0.05) is 77.4 Å². The Labute approximate surface area is 214 Å². The van der Waals surface area contributed by atoms with E-state index < -0.39 is 21.8 Å². The van der Waals surface area contributed by atoms with E-state index in [9.17, 15) is 18.0 Å². The minimum absolute atomic E-state index is 0.0151. The zero-order chi connectivity index (χ0) is 27.3. The molecule has 36 heavy (non-hydrogen) atoms. The number of sulfone groups is 1. The third-order valence-corrected chi connectivity index (χ3v) is 7.11. The topological polar surface area (TPSA) is 86.7 Å². The van der Waals surface area contributed by atoms with Gasteiger partial charge in [0.1, 0.15) is 5.75 Å². The number of esters is 2. The van der Waals surface area contributed by atoms with Crippen LogP contribution in [0.15, 0.2) is 70.5 Å². The van der Waals surface area contributed by atoms with Crippen LogP contribution in [0.4, 0.5) is 0 Å². The first-order valence-electron chi connectivity index (χ1n) is 11.8. The number of carbonyl (C=O) groups excluding carboxylic acids is 2. The van der Waals surface area contributed by atoms with Crippen molar-refractivity contribution in [2.75, 3.05) is 6.61 Å². The van der Waals surface area contributed by atoms with Crippen LogP contribution in [0.25, 0.3) is 0 Å². The van der Waals surface area contributed by atoms with Gasteiger partial charge in [0.25, 0.3) is 0 Å². The largest absolute Gasteiger partial charge is 0.463 e. The van der Waals surface area contributed by atoms with Gasteiger partial charge in [-0.05, 0) is 42.9 Å². The highest BCUT2D eigenvalue weighted by Gasteiger charge is 2.29. The maximum absolute atomic E-state index is 13.3. The van der Waals surface area contributed by atoms with Crippen LogP contribution in [0.2, 0.25) is 0 Å². The molecule has 0 atom stereocenters. The minimum atomic E-state index is -4.12. The number of aryl methyl sites for hydroxylation is 1. The molecule has 0 amide bonds. The fourth-order valence-corrected chi connectivity index (χ4v) is 4.82. The summed E-state index contributed by atoms with van der Waals surface area (Å²) in [6, 6.07) is 11.6. The van der Waals surface area contributed by atoms with E-state index >= 15 is 0 Å². The van der Waals surface area contributed by atoms with Gasteiger partial charge < -0.3 is 9.47 Å². The molecule has 0 aliphatic heterocycles. The molecule has 0 bridgehead atoms. The Morgan fingerprint density at radius 1 is 0.861 bits per heavy atom. The molecule has 7 heteroatoms. The van der Waals surface area contributed by atoms with Crippen molar-refractivity contribution in [2.45, 2.75) is 71.1 Å². The van der Waals surface area contributed by atoms with Crippen LogP contribution in [0.3, 0.4) is 0 Å². The van der Waals surface area contributed by atoms with Crippen molar-refractivity contribution < 1.29 is 27.5 Å². The van der Waals surface area contributed by atoms with Gasteiger partial charge in [0.2, 0.25) is 9.84 Å². The Morgan fingerprint density at radius 3 is 1.86 bits per heavy atom. The van der Waals surface area contributed by atoms with Crippen LogP contribution in [-0.2, 0) is 35.0 Å². The second kappa shape index (κ2) is 11.2. The van der Waals surface area contributed by atoms with E-state index in [4.69, 9.17) is 9.47 Å². The monoisotopic (exact) mass is 512 g/mol. The van der Waals surface area contributed by atoms with E-state index in [0.29, 0.717) is 5.75 Å². The van der Waals surface area contributed by atoms with Gasteiger partial charge in [-0.25, -0.2) is 18.0 Å². The Bertz CT molecular complexity index is 1240. The van der Waals surface area contributed by atoms with Gasteiger partial charge in [0.15, 0.2) is 0 Å². The summed E-state index contributed by atoms with van der Waals surface area (Å²) in [6.45, 7) is 15.9.